The summed E-state index contributed by atoms with van der Waals surface area (Å²) in [7, 11) is 1.27. The van der Waals surface area contributed by atoms with Crippen LogP contribution in [-0.2, 0) is 14.3 Å². The normalized spacial score (nSPS) is 11.2. The third kappa shape index (κ3) is 4.67. The van der Waals surface area contributed by atoms with E-state index in [2.05, 4.69) is 31.0 Å². The van der Waals surface area contributed by atoms with Crippen LogP contribution in [0.3, 0.4) is 0 Å². The fraction of sp³-hybridized carbons (Fsp3) is 0.353. The Balaban J connectivity index is 2.00. The van der Waals surface area contributed by atoms with Gasteiger partial charge < -0.3 is 14.8 Å². The van der Waals surface area contributed by atoms with Crippen LogP contribution < -0.4 is 10.1 Å². The van der Waals surface area contributed by atoms with Crippen LogP contribution in [-0.4, -0.2) is 37.1 Å². The smallest absolute Gasteiger partial charge is 0.325 e. The summed E-state index contributed by atoms with van der Waals surface area (Å²) in [6, 6.07) is 7.69. The van der Waals surface area contributed by atoms with Crippen molar-refractivity contribution >= 4 is 38.6 Å². The van der Waals surface area contributed by atoms with E-state index in [0.717, 1.165) is 15.2 Å². The molecule has 2 rings (SSSR count). The molecule has 1 amide bonds. The van der Waals surface area contributed by atoms with Crippen LogP contribution in [0.15, 0.2) is 34.9 Å². The average Bonchev–Trinajstić information content (AvgIpc) is 2.57. The lowest BCUT2D eigenvalue weighted by molar-refractivity contribution is -0.142. The first-order valence-corrected chi connectivity index (χ1v) is 8.14. The maximum atomic E-state index is 12.1. The van der Waals surface area contributed by atoms with Crippen molar-refractivity contribution in [3.8, 4) is 5.88 Å². The molecular formula is C17H19BrN2O4. The molecule has 1 aromatic carbocycles. The van der Waals surface area contributed by atoms with E-state index >= 15 is 0 Å². The number of nitrogens with zero attached hydrogens (tertiary/aromatic N) is 1. The van der Waals surface area contributed by atoms with Crippen LogP contribution in [0.5, 0.6) is 5.88 Å². The van der Waals surface area contributed by atoms with Gasteiger partial charge in [-0.2, -0.15) is 0 Å². The molecule has 0 aliphatic rings. The quantitative estimate of drug-likeness (QED) is 0.762. The topological polar surface area (TPSA) is 77.5 Å². The minimum absolute atomic E-state index is 0.131. The summed E-state index contributed by atoms with van der Waals surface area (Å²) >= 11 is 3.43. The van der Waals surface area contributed by atoms with Gasteiger partial charge in [-0.15, -0.1) is 0 Å². The Labute approximate surface area is 148 Å². The van der Waals surface area contributed by atoms with Gasteiger partial charge in [-0.25, -0.2) is 4.98 Å². The Bertz CT molecular complexity index is 761. The van der Waals surface area contributed by atoms with Crippen LogP contribution >= 0.6 is 15.9 Å². The molecule has 0 saturated carbocycles. The minimum atomic E-state index is -0.818. The molecule has 1 aromatic heterocycles. The van der Waals surface area contributed by atoms with Crippen molar-refractivity contribution in [3.05, 3.63) is 34.9 Å². The molecule has 0 bridgehead atoms. The molecular weight excluding hydrogens is 376 g/mol. The first-order chi connectivity index (χ1) is 11.3. The van der Waals surface area contributed by atoms with Crippen LogP contribution in [0.1, 0.15) is 13.8 Å². The second-order valence-corrected chi connectivity index (χ2v) is 6.86. The number of aromatic nitrogens is 1. The van der Waals surface area contributed by atoms with Crippen molar-refractivity contribution in [3.63, 3.8) is 0 Å². The molecule has 24 heavy (non-hydrogen) atoms. The molecule has 0 aliphatic heterocycles. The number of carbonyl (C=O) groups excluding carboxylic acids is 2. The highest BCUT2D eigenvalue weighted by atomic mass is 79.9. The summed E-state index contributed by atoms with van der Waals surface area (Å²) in [5.74, 6) is -0.354. The van der Waals surface area contributed by atoms with Crippen molar-refractivity contribution < 1.29 is 19.1 Å². The number of rotatable bonds is 6. The number of ether oxygens (including phenoxy) is 2. The zero-order valence-corrected chi connectivity index (χ0v) is 15.3. The van der Waals surface area contributed by atoms with E-state index in [0.29, 0.717) is 5.88 Å². The number of pyridine rings is 1. The van der Waals surface area contributed by atoms with Gasteiger partial charge in [0.1, 0.15) is 13.2 Å². The van der Waals surface area contributed by atoms with Crippen LogP contribution in [0.2, 0.25) is 0 Å². The SMILES string of the molecule is COC(=O)CNC(=O)C(C)(C)COc1cc2cc(Br)ccc2cn1. The average molecular weight is 395 g/mol. The second kappa shape index (κ2) is 7.61. The summed E-state index contributed by atoms with van der Waals surface area (Å²) in [6.45, 7) is 3.43. The molecule has 0 spiro atoms. The Morgan fingerprint density at radius 1 is 1.25 bits per heavy atom. The molecule has 0 atom stereocenters. The number of amides is 1. The van der Waals surface area contributed by atoms with Gasteiger partial charge in [0.25, 0.3) is 0 Å². The number of carbonyl (C=O) groups is 2. The van der Waals surface area contributed by atoms with E-state index in [-0.39, 0.29) is 19.1 Å². The van der Waals surface area contributed by atoms with E-state index in [4.69, 9.17) is 4.74 Å². The number of nitrogens with one attached hydrogen (secondary N) is 1. The summed E-state index contributed by atoms with van der Waals surface area (Å²) in [4.78, 5) is 27.5. The first-order valence-electron chi connectivity index (χ1n) is 7.35. The third-order valence-corrected chi connectivity index (χ3v) is 3.97. The van der Waals surface area contributed by atoms with Crippen molar-refractivity contribution in [2.24, 2.45) is 5.41 Å². The molecule has 0 aliphatic carbocycles. The van der Waals surface area contributed by atoms with Gasteiger partial charge in [0, 0.05) is 22.1 Å². The summed E-state index contributed by atoms with van der Waals surface area (Å²) in [6.07, 6.45) is 1.72. The molecule has 0 radical (unpaired) electrons. The van der Waals surface area contributed by atoms with Crippen molar-refractivity contribution in [1.82, 2.24) is 10.3 Å². The van der Waals surface area contributed by atoms with E-state index in [1.807, 2.05) is 24.3 Å². The molecule has 128 valence electrons. The third-order valence-electron chi connectivity index (χ3n) is 3.48. The van der Waals surface area contributed by atoms with Gasteiger partial charge in [0.15, 0.2) is 0 Å². The number of halogens is 1. The predicted molar refractivity (Wildman–Crippen MR) is 93.7 cm³/mol. The lowest BCUT2D eigenvalue weighted by atomic mass is 9.93. The molecule has 1 N–H and O–H groups in total. The maximum Gasteiger partial charge on any atom is 0.325 e. The number of methoxy groups -OCH3 is 1. The fourth-order valence-electron chi connectivity index (χ4n) is 1.95. The molecule has 0 unspecified atom stereocenters. The second-order valence-electron chi connectivity index (χ2n) is 5.95. The summed E-state index contributed by atoms with van der Waals surface area (Å²) in [5, 5.41) is 4.52. The van der Waals surface area contributed by atoms with E-state index < -0.39 is 11.4 Å². The Morgan fingerprint density at radius 2 is 2.00 bits per heavy atom. The van der Waals surface area contributed by atoms with Gasteiger partial charge in [-0.05, 0) is 31.4 Å². The van der Waals surface area contributed by atoms with E-state index in [9.17, 15) is 9.59 Å². The zero-order chi connectivity index (χ0) is 17.7. The largest absolute Gasteiger partial charge is 0.477 e. The lowest BCUT2D eigenvalue weighted by Gasteiger charge is -2.23. The Hall–Kier alpha value is -2.15. The van der Waals surface area contributed by atoms with Gasteiger partial charge in [0.05, 0.1) is 12.5 Å². The van der Waals surface area contributed by atoms with E-state index in [1.165, 1.54) is 7.11 Å². The van der Waals surface area contributed by atoms with Crippen molar-refractivity contribution in [2.45, 2.75) is 13.8 Å². The molecule has 6 nitrogen and oxygen atoms in total. The highest BCUT2D eigenvalue weighted by Gasteiger charge is 2.29. The van der Waals surface area contributed by atoms with Crippen molar-refractivity contribution in [2.75, 3.05) is 20.3 Å². The predicted octanol–water partition coefficient (Wildman–Crippen LogP) is 2.69. The number of fused-ring (bicyclic) bond motifs is 1. The molecule has 1 heterocycles. The lowest BCUT2D eigenvalue weighted by Crippen LogP contribution is -2.43. The number of benzene rings is 1. The van der Waals surface area contributed by atoms with Gasteiger partial charge in [0.2, 0.25) is 11.8 Å². The Morgan fingerprint density at radius 3 is 2.71 bits per heavy atom. The highest BCUT2D eigenvalue weighted by Crippen LogP contribution is 2.24. The number of hydrogen-bond donors (Lipinski definition) is 1. The molecule has 2 aromatic rings. The minimum Gasteiger partial charge on any atom is -0.477 e. The fourth-order valence-corrected chi connectivity index (χ4v) is 2.33. The van der Waals surface area contributed by atoms with Crippen LogP contribution in [0.25, 0.3) is 10.8 Å². The van der Waals surface area contributed by atoms with E-state index in [1.54, 1.807) is 20.0 Å². The van der Waals surface area contributed by atoms with Crippen LogP contribution in [0.4, 0.5) is 0 Å². The van der Waals surface area contributed by atoms with Crippen LogP contribution in [0, 0.1) is 5.41 Å². The summed E-state index contributed by atoms with van der Waals surface area (Å²) < 4.78 is 11.1. The standard InChI is InChI=1S/C17H19BrN2O4/c1-17(2,16(22)20-9-15(21)23-3)10-24-14-7-12-6-13(18)5-4-11(12)8-19-14/h4-8H,9-10H2,1-3H3,(H,20,22). The zero-order valence-electron chi connectivity index (χ0n) is 13.8. The van der Waals surface area contributed by atoms with Crippen molar-refractivity contribution in [1.29, 1.82) is 0 Å². The first kappa shape index (κ1) is 18.2. The van der Waals surface area contributed by atoms with Gasteiger partial charge >= 0.3 is 5.97 Å². The van der Waals surface area contributed by atoms with Gasteiger partial charge in [-0.3, -0.25) is 9.59 Å². The molecule has 7 heteroatoms. The highest BCUT2D eigenvalue weighted by molar-refractivity contribution is 9.10. The summed E-state index contributed by atoms with van der Waals surface area (Å²) in [5.41, 5.74) is -0.818. The Kier molecular flexibility index (Phi) is 5.77. The molecule has 0 saturated heterocycles. The number of esters is 1. The maximum absolute atomic E-state index is 12.1. The van der Waals surface area contributed by atoms with Gasteiger partial charge in [-0.1, -0.05) is 22.0 Å². The monoisotopic (exact) mass is 394 g/mol. The number of hydrogen-bond acceptors (Lipinski definition) is 5. The molecule has 0 fully saturated rings.